The van der Waals surface area contributed by atoms with E-state index < -0.39 is 5.60 Å². The molecule has 2 heterocycles. The maximum absolute atomic E-state index is 12.3. The highest BCUT2D eigenvalue weighted by atomic mass is 35.5. The highest BCUT2D eigenvalue weighted by Gasteiger charge is 2.30. The van der Waals surface area contributed by atoms with Gasteiger partial charge in [-0.05, 0) is 40.0 Å². The molecule has 1 aliphatic rings. The van der Waals surface area contributed by atoms with Gasteiger partial charge in [0.1, 0.15) is 11.3 Å². The Morgan fingerprint density at radius 3 is 2.78 bits per heavy atom. The number of hydrogen-bond acceptors (Lipinski definition) is 5. The zero-order valence-electron chi connectivity index (χ0n) is 13.9. The number of likely N-dealkylation sites (tertiary alicyclic amines) is 1. The second kappa shape index (κ2) is 7.93. The number of rotatable bonds is 4. The highest BCUT2D eigenvalue weighted by molar-refractivity contribution is 6.29. The molecule has 1 aromatic rings. The minimum Gasteiger partial charge on any atom is -0.444 e. The van der Waals surface area contributed by atoms with E-state index in [2.05, 4.69) is 9.97 Å². The lowest BCUT2D eigenvalue weighted by Gasteiger charge is -2.36. The molecule has 0 aromatic carbocycles. The molecular formula is C16H24ClN3O3. The molecule has 1 fully saturated rings. The van der Waals surface area contributed by atoms with Crippen molar-refractivity contribution >= 4 is 17.7 Å². The highest BCUT2D eigenvalue weighted by Crippen LogP contribution is 2.21. The van der Waals surface area contributed by atoms with Crippen LogP contribution in [0.5, 0.6) is 0 Å². The van der Waals surface area contributed by atoms with Gasteiger partial charge in [-0.3, -0.25) is 4.98 Å². The van der Waals surface area contributed by atoms with Crippen molar-refractivity contribution < 1.29 is 14.3 Å². The SMILES string of the molecule is CC(C)(C)OC(=O)N1CCCCC1COCc1nccnc1Cl. The Bertz CT molecular complexity index is 534. The zero-order chi connectivity index (χ0) is 16.9. The molecule has 1 aromatic heterocycles. The van der Waals surface area contributed by atoms with E-state index >= 15 is 0 Å². The van der Waals surface area contributed by atoms with Crippen LogP contribution in [0.25, 0.3) is 0 Å². The normalized spacial score (nSPS) is 18.8. The molecule has 1 atom stereocenters. The number of nitrogens with zero attached hydrogens (tertiary/aromatic N) is 3. The molecule has 2 rings (SSSR count). The largest absolute Gasteiger partial charge is 0.444 e. The number of carbonyl (C=O) groups is 1. The third kappa shape index (κ3) is 5.62. The van der Waals surface area contributed by atoms with Crippen LogP contribution in [0.4, 0.5) is 4.79 Å². The summed E-state index contributed by atoms with van der Waals surface area (Å²) in [6.07, 6.45) is 5.83. The molecule has 6 nitrogen and oxygen atoms in total. The van der Waals surface area contributed by atoms with Crippen LogP contribution < -0.4 is 0 Å². The molecule has 0 bridgehead atoms. The summed E-state index contributed by atoms with van der Waals surface area (Å²) >= 11 is 5.96. The molecule has 7 heteroatoms. The summed E-state index contributed by atoms with van der Waals surface area (Å²) in [5.74, 6) is 0. The first-order valence-electron chi connectivity index (χ1n) is 7.89. The Morgan fingerprint density at radius 1 is 1.35 bits per heavy atom. The van der Waals surface area contributed by atoms with E-state index in [-0.39, 0.29) is 18.7 Å². The molecule has 128 valence electrons. The first-order valence-corrected chi connectivity index (χ1v) is 8.27. The van der Waals surface area contributed by atoms with Gasteiger partial charge in [0, 0.05) is 18.9 Å². The van der Waals surface area contributed by atoms with Gasteiger partial charge in [-0.25, -0.2) is 9.78 Å². The predicted molar refractivity (Wildman–Crippen MR) is 87.3 cm³/mol. The molecule has 1 unspecified atom stereocenters. The molecule has 0 N–H and O–H groups in total. The summed E-state index contributed by atoms with van der Waals surface area (Å²) < 4.78 is 11.2. The summed E-state index contributed by atoms with van der Waals surface area (Å²) in [5.41, 5.74) is 0.112. The average Bonchev–Trinajstić information content (AvgIpc) is 2.48. The maximum Gasteiger partial charge on any atom is 0.410 e. The van der Waals surface area contributed by atoms with Crippen molar-refractivity contribution in [1.82, 2.24) is 14.9 Å². The quantitative estimate of drug-likeness (QED) is 0.839. The average molecular weight is 342 g/mol. The maximum atomic E-state index is 12.3. The fourth-order valence-electron chi connectivity index (χ4n) is 2.47. The monoisotopic (exact) mass is 341 g/mol. The van der Waals surface area contributed by atoms with E-state index in [1.807, 2.05) is 20.8 Å². The van der Waals surface area contributed by atoms with Crippen LogP contribution in [0.2, 0.25) is 5.15 Å². The lowest BCUT2D eigenvalue weighted by molar-refractivity contribution is -0.0103. The Kier molecular flexibility index (Phi) is 6.18. The van der Waals surface area contributed by atoms with E-state index in [0.717, 1.165) is 19.3 Å². The summed E-state index contributed by atoms with van der Waals surface area (Å²) in [7, 11) is 0. The molecule has 1 saturated heterocycles. The van der Waals surface area contributed by atoms with Crippen LogP contribution >= 0.6 is 11.6 Å². The summed E-state index contributed by atoms with van der Waals surface area (Å²) in [6, 6.07) is 0.0223. The molecule has 23 heavy (non-hydrogen) atoms. The van der Waals surface area contributed by atoms with Gasteiger partial charge in [0.15, 0.2) is 5.15 Å². The fraction of sp³-hybridized carbons (Fsp3) is 0.688. The smallest absolute Gasteiger partial charge is 0.410 e. The Morgan fingerprint density at radius 2 is 2.09 bits per heavy atom. The van der Waals surface area contributed by atoms with Gasteiger partial charge in [0.25, 0.3) is 0 Å². The first-order chi connectivity index (χ1) is 10.9. The van der Waals surface area contributed by atoms with E-state index in [9.17, 15) is 4.79 Å². The summed E-state index contributed by atoms with van der Waals surface area (Å²) in [4.78, 5) is 22.2. The van der Waals surface area contributed by atoms with E-state index in [1.54, 1.807) is 11.1 Å². The fourth-order valence-corrected chi connectivity index (χ4v) is 2.63. The van der Waals surface area contributed by atoms with Crippen LogP contribution in [0.1, 0.15) is 45.7 Å². The third-order valence-electron chi connectivity index (χ3n) is 3.53. The lowest BCUT2D eigenvalue weighted by Crippen LogP contribution is -2.48. The van der Waals surface area contributed by atoms with E-state index in [1.165, 1.54) is 6.20 Å². The first kappa shape index (κ1) is 17.9. The van der Waals surface area contributed by atoms with Crippen molar-refractivity contribution in [2.24, 2.45) is 0 Å². The topological polar surface area (TPSA) is 64.5 Å². The molecule has 0 spiro atoms. The number of halogens is 1. The predicted octanol–water partition coefficient (Wildman–Crippen LogP) is 3.44. The Balaban J connectivity index is 1.89. The molecule has 1 aliphatic heterocycles. The van der Waals surface area contributed by atoms with Crippen LogP contribution in [-0.4, -0.2) is 45.8 Å². The van der Waals surface area contributed by atoms with Gasteiger partial charge in [-0.2, -0.15) is 0 Å². The number of amides is 1. The Labute approximate surface area is 142 Å². The van der Waals surface area contributed by atoms with Crippen molar-refractivity contribution in [2.45, 2.75) is 58.3 Å². The van der Waals surface area contributed by atoms with Gasteiger partial charge in [0.05, 0.1) is 19.3 Å². The number of hydrogen-bond donors (Lipinski definition) is 0. The van der Waals surface area contributed by atoms with Crippen LogP contribution in [-0.2, 0) is 16.1 Å². The van der Waals surface area contributed by atoms with Crippen LogP contribution in [0, 0.1) is 0 Å². The standard InChI is InChI=1S/C16H24ClN3O3/c1-16(2,3)23-15(21)20-9-5-4-6-12(20)10-22-11-13-14(17)19-8-7-18-13/h7-8,12H,4-6,9-11H2,1-3H3. The van der Waals surface area contributed by atoms with Crippen molar-refractivity contribution in [3.63, 3.8) is 0 Å². The number of carbonyl (C=O) groups excluding carboxylic acids is 1. The summed E-state index contributed by atoms with van der Waals surface area (Å²) in [6.45, 7) is 7.04. The molecule has 0 saturated carbocycles. The Hall–Kier alpha value is -1.40. The van der Waals surface area contributed by atoms with Crippen molar-refractivity contribution in [3.8, 4) is 0 Å². The minimum absolute atomic E-state index is 0.0223. The van der Waals surface area contributed by atoms with Crippen LogP contribution in [0.3, 0.4) is 0 Å². The second-order valence-corrected chi connectivity index (χ2v) is 6.99. The van der Waals surface area contributed by atoms with E-state index in [4.69, 9.17) is 21.1 Å². The van der Waals surface area contributed by atoms with Gasteiger partial charge < -0.3 is 14.4 Å². The number of ether oxygens (including phenoxy) is 2. The van der Waals surface area contributed by atoms with Gasteiger partial charge in [0.2, 0.25) is 0 Å². The van der Waals surface area contributed by atoms with Crippen molar-refractivity contribution in [1.29, 1.82) is 0 Å². The molecular weight excluding hydrogens is 318 g/mol. The molecule has 0 aliphatic carbocycles. The van der Waals surface area contributed by atoms with Gasteiger partial charge in [-0.1, -0.05) is 11.6 Å². The zero-order valence-corrected chi connectivity index (χ0v) is 14.7. The molecule has 1 amide bonds. The third-order valence-corrected chi connectivity index (χ3v) is 3.84. The van der Waals surface area contributed by atoms with Gasteiger partial charge >= 0.3 is 6.09 Å². The summed E-state index contributed by atoms with van der Waals surface area (Å²) in [5, 5.41) is 0.347. The number of aromatic nitrogens is 2. The van der Waals surface area contributed by atoms with Crippen molar-refractivity contribution in [2.75, 3.05) is 13.2 Å². The lowest BCUT2D eigenvalue weighted by atomic mass is 10.0. The van der Waals surface area contributed by atoms with E-state index in [0.29, 0.717) is 24.0 Å². The molecule has 0 radical (unpaired) electrons. The van der Waals surface area contributed by atoms with Crippen molar-refractivity contribution in [3.05, 3.63) is 23.2 Å². The van der Waals surface area contributed by atoms with Gasteiger partial charge in [-0.15, -0.1) is 0 Å². The second-order valence-electron chi connectivity index (χ2n) is 6.63. The minimum atomic E-state index is -0.493. The number of piperidine rings is 1. The van der Waals surface area contributed by atoms with Crippen LogP contribution in [0.15, 0.2) is 12.4 Å².